The number of carbonyl (C=O) groups excluding carboxylic acids is 4. The summed E-state index contributed by atoms with van der Waals surface area (Å²) in [6.45, 7) is 2.16. The summed E-state index contributed by atoms with van der Waals surface area (Å²) in [6.07, 6.45) is 3.36. The smallest absolute Gasteiger partial charge is 0.410 e. The summed E-state index contributed by atoms with van der Waals surface area (Å²) in [5.41, 5.74) is 5.10. The number of benzene rings is 3. The first-order chi connectivity index (χ1) is 23.4. The number of ether oxygens (including phenoxy) is 1. The number of ketones is 1. The van der Waals surface area contributed by atoms with E-state index in [-0.39, 0.29) is 31.5 Å². The summed E-state index contributed by atoms with van der Waals surface area (Å²) in [6, 6.07) is 23.9. The molecule has 2 fully saturated rings. The van der Waals surface area contributed by atoms with Crippen molar-refractivity contribution < 1.29 is 28.8 Å². The quantitative estimate of drug-likeness (QED) is 0.279. The van der Waals surface area contributed by atoms with E-state index < -0.39 is 41.4 Å². The van der Waals surface area contributed by atoms with Gasteiger partial charge in [0.25, 0.3) is 5.91 Å². The second kappa shape index (κ2) is 13.3. The molecule has 1 saturated carbocycles. The van der Waals surface area contributed by atoms with Gasteiger partial charge in [0.1, 0.15) is 12.6 Å². The topological polar surface area (TPSA) is 126 Å². The van der Waals surface area contributed by atoms with Crippen molar-refractivity contribution in [3.8, 4) is 11.1 Å². The monoisotopic (exact) mass is 648 g/mol. The second-order valence-corrected chi connectivity index (χ2v) is 13.3. The molecule has 0 bridgehead atoms. The van der Waals surface area contributed by atoms with E-state index in [1.807, 2.05) is 61.5 Å². The lowest BCUT2D eigenvalue weighted by Crippen LogP contribution is -2.53. The van der Waals surface area contributed by atoms with Crippen molar-refractivity contribution in [2.24, 2.45) is 5.16 Å². The predicted octanol–water partition coefficient (Wildman–Crippen LogP) is 5.10. The van der Waals surface area contributed by atoms with Gasteiger partial charge < -0.3 is 20.2 Å². The molecule has 2 aliphatic carbocycles. The number of oxime groups is 1. The lowest BCUT2D eigenvalue weighted by molar-refractivity contribution is -0.140. The molecule has 0 unspecified atom stereocenters. The third kappa shape index (κ3) is 6.31. The van der Waals surface area contributed by atoms with Crippen LogP contribution in [0, 0.1) is 0 Å². The van der Waals surface area contributed by atoms with Gasteiger partial charge in [0.15, 0.2) is 5.60 Å². The van der Waals surface area contributed by atoms with Crippen LogP contribution in [0.2, 0.25) is 0 Å². The molecule has 3 aromatic carbocycles. The van der Waals surface area contributed by atoms with Crippen molar-refractivity contribution in [2.45, 2.75) is 81.5 Å². The molecule has 2 heterocycles. The molecule has 3 aromatic rings. The third-order valence-corrected chi connectivity index (χ3v) is 9.84. The highest BCUT2D eigenvalue weighted by Crippen LogP contribution is 2.45. The van der Waals surface area contributed by atoms with Gasteiger partial charge in [-0.1, -0.05) is 104 Å². The molecule has 1 saturated heterocycles. The first-order valence-corrected chi connectivity index (χ1v) is 16.9. The second-order valence-electron chi connectivity index (χ2n) is 13.3. The van der Waals surface area contributed by atoms with Gasteiger partial charge in [-0.25, -0.2) is 4.79 Å². The normalized spacial score (nSPS) is 21.6. The van der Waals surface area contributed by atoms with Gasteiger partial charge in [-0.3, -0.25) is 19.3 Å². The van der Waals surface area contributed by atoms with E-state index in [0.29, 0.717) is 19.3 Å². The fourth-order valence-electron chi connectivity index (χ4n) is 7.14. The van der Waals surface area contributed by atoms with E-state index in [1.165, 1.54) is 4.90 Å². The summed E-state index contributed by atoms with van der Waals surface area (Å²) in [5, 5.41) is 9.95. The number of carbonyl (C=O) groups is 4. The summed E-state index contributed by atoms with van der Waals surface area (Å²) < 4.78 is 6.01. The summed E-state index contributed by atoms with van der Waals surface area (Å²) in [5.74, 6) is -2.03. The lowest BCUT2D eigenvalue weighted by Gasteiger charge is -2.26. The predicted molar refractivity (Wildman–Crippen MR) is 179 cm³/mol. The zero-order chi connectivity index (χ0) is 33.3. The van der Waals surface area contributed by atoms with E-state index >= 15 is 0 Å². The molecule has 4 aliphatic rings. The summed E-state index contributed by atoms with van der Waals surface area (Å²) in [7, 11) is 0. The Morgan fingerprint density at radius 3 is 2.29 bits per heavy atom. The van der Waals surface area contributed by atoms with Crippen molar-refractivity contribution >= 4 is 29.4 Å². The number of Topliss-reactive ketones (excluding diaryl/α,β-unsaturated/α-hetero) is 1. The largest absolute Gasteiger partial charge is 0.448 e. The van der Waals surface area contributed by atoms with Crippen LogP contribution in [0.15, 0.2) is 84.0 Å². The number of rotatable bonds is 11. The minimum Gasteiger partial charge on any atom is -0.448 e. The van der Waals surface area contributed by atoms with Gasteiger partial charge in [-0.2, -0.15) is 0 Å². The van der Waals surface area contributed by atoms with Crippen molar-refractivity contribution in [3.63, 3.8) is 0 Å². The maximum absolute atomic E-state index is 14.0. The Morgan fingerprint density at radius 1 is 0.958 bits per heavy atom. The molecular formula is C38H40N4O6. The number of fused-ring (bicyclic) bond motifs is 3. The van der Waals surface area contributed by atoms with Crippen LogP contribution in [0.5, 0.6) is 0 Å². The van der Waals surface area contributed by atoms with E-state index in [9.17, 15) is 19.2 Å². The van der Waals surface area contributed by atoms with Crippen LogP contribution in [-0.2, 0) is 24.0 Å². The molecule has 248 valence electrons. The number of hydrogen-bond acceptors (Lipinski definition) is 7. The van der Waals surface area contributed by atoms with Crippen LogP contribution in [0.3, 0.4) is 0 Å². The molecule has 10 heteroatoms. The van der Waals surface area contributed by atoms with E-state index in [1.54, 1.807) is 0 Å². The van der Waals surface area contributed by atoms with Crippen LogP contribution >= 0.6 is 0 Å². The SMILES string of the molecule is CCCC[C@H](NC(=O)[C@@H]1C[C@]2(CC(c3ccccc3)=NO2)CN1C(=O)OCC1c2ccccc2-c2ccccc21)C(=O)C(=O)NC1CC1. The zero-order valence-electron chi connectivity index (χ0n) is 27.0. The van der Waals surface area contributed by atoms with Gasteiger partial charge >= 0.3 is 6.09 Å². The van der Waals surface area contributed by atoms with Crippen molar-refractivity contribution in [1.82, 2.24) is 15.5 Å². The molecule has 3 amide bonds. The van der Waals surface area contributed by atoms with Crippen LogP contribution in [-0.4, -0.2) is 71.2 Å². The Morgan fingerprint density at radius 2 is 1.62 bits per heavy atom. The minimum atomic E-state index is -1.00. The molecule has 2 N–H and O–H groups in total. The number of likely N-dealkylation sites (tertiary alicyclic amines) is 1. The average Bonchev–Trinajstić information content (AvgIpc) is 3.57. The summed E-state index contributed by atoms with van der Waals surface area (Å²) >= 11 is 0. The van der Waals surface area contributed by atoms with Crippen molar-refractivity contribution in [1.29, 1.82) is 0 Å². The summed E-state index contributed by atoms with van der Waals surface area (Å²) in [4.78, 5) is 61.3. The maximum Gasteiger partial charge on any atom is 0.410 e. The number of unbranched alkanes of at least 4 members (excludes halogenated alkanes) is 1. The first-order valence-electron chi connectivity index (χ1n) is 16.9. The molecule has 10 nitrogen and oxygen atoms in total. The van der Waals surface area contributed by atoms with Gasteiger partial charge in [0.2, 0.25) is 11.7 Å². The molecule has 2 aliphatic heterocycles. The number of hydrogen-bond donors (Lipinski definition) is 2. The molecule has 0 aromatic heterocycles. The fraction of sp³-hybridized carbons (Fsp3) is 0.395. The standard InChI is InChI=1S/C38H40N4O6/c1-2-3-17-31(34(43)36(45)39-25-18-19-25)40-35(44)33-21-38(20-32(41-48-38)24-11-5-4-6-12-24)23-42(33)37(46)47-22-30-28-15-9-7-13-26(28)27-14-8-10-16-29(27)30/h4-16,25,30-31,33H,2-3,17-23H2,1H3,(H,39,45)(H,40,44)/t31-,33-,38+/m0/s1. The molecule has 7 rings (SSSR count). The Hall–Kier alpha value is -4.99. The Kier molecular flexibility index (Phi) is 8.73. The zero-order valence-corrected chi connectivity index (χ0v) is 27.0. The minimum absolute atomic E-state index is 0.0149. The number of nitrogens with one attached hydrogen (secondary N) is 2. The van der Waals surface area contributed by atoms with Crippen LogP contribution < -0.4 is 10.6 Å². The highest BCUT2D eigenvalue weighted by molar-refractivity contribution is 6.38. The molecule has 0 radical (unpaired) electrons. The van der Waals surface area contributed by atoms with Crippen molar-refractivity contribution in [2.75, 3.05) is 13.2 Å². The van der Waals surface area contributed by atoms with Crippen LogP contribution in [0.1, 0.15) is 74.5 Å². The number of amides is 3. The van der Waals surface area contributed by atoms with Gasteiger partial charge in [-0.15, -0.1) is 0 Å². The van der Waals surface area contributed by atoms with Gasteiger partial charge in [0, 0.05) is 24.8 Å². The van der Waals surface area contributed by atoms with Gasteiger partial charge in [-0.05, 0) is 47.1 Å². The van der Waals surface area contributed by atoms with E-state index in [0.717, 1.165) is 52.8 Å². The Labute approximate surface area is 279 Å². The molecule has 3 atom stereocenters. The first kappa shape index (κ1) is 31.6. The fourth-order valence-corrected chi connectivity index (χ4v) is 7.14. The number of nitrogens with zero attached hydrogens (tertiary/aromatic N) is 2. The Bertz CT molecular complexity index is 1710. The molecular weight excluding hydrogens is 608 g/mol. The third-order valence-electron chi connectivity index (χ3n) is 9.84. The molecule has 48 heavy (non-hydrogen) atoms. The molecule has 1 spiro atoms. The Balaban J connectivity index is 1.11. The van der Waals surface area contributed by atoms with Crippen LogP contribution in [0.25, 0.3) is 11.1 Å². The van der Waals surface area contributed by atoms with Crippen molar-refractivity contribution in [3.05, 3.63) is 95.6 Å². The van der Waals surface area contributed by atoms with Crippen LogP contribution in [0.4, 0.5) is 4.79 Å². The van der Waals surface area contributed by atoms with Gasteiger partial charge in [0.05, 0.1) is 18.3 Å². The maximum atomic E-state index is 14.0. The van der Waals surface area contributed by atoms with E-state index in [4.69, 9.17) is 9.57 Å². The van der Waals surface area contributed by atoms with E-state index in [2.05, 4.69) is 40.1 Å². The lowest BCUT2D eigenvalue weighted by atomic mass is 9.91. The highest BCUT2D eigenvalue weighted by atomic mass is 16.7. The highest BCUT2D eigenvalue weighted by Gasteiger charge is 2.55. The average molecular weight is 649 g/mol.